The van der Waals surface area contributed by atoms with E-state index in [0.717, 1.165) is 31.8 Å². The molecule has 6 heteroatoms. The minimum atomic E-state index is -1.06. The lowest BCUT2D eigenvalue weighted by Crippen LogP contribution is -2.19. The second kappa shape index (κ2) is 13.5. The van der Waals surface area contributed by atoms with Gasteiger partial charge in [-0.3, -0.25) is 9.59 Å². The first kappa shape index (κ1) is 20.9. The Kier molecular flexibility index (Phi) is 12.3. The van der Waals surface area contributed by atoms with Gasteiger partial charge in [-0.05, 0) is 12.8 Å². The largest absolute Gasteiger partial charge is 0.481 e. The molecule has 0 fully saturated rings. The molecule has 0 aromatic rings. The summed E-state index contributed by atoms with van der Waals surface area (Å²) in [4.78, 5) is 33.5. The molecule has 1 atom stereocenters. The number of ether oxygens (including phenoxy) is 2. The fraction of sp³-hybridized carbons (Fsp3) is 0.588. The van der Waals surface area contributed by atoms with Crippen molar-refractivity contribution in [2.24, 2.45) is 5.92 Å². The molecular weight excluding hydrogens is 300 g/mol. The quantitative estimate of drug-likeness (QED) is 0.242. The lowest BCUT2D eigenvalue weighted by molar-refractivity contribution is -0.153. The van der Waals surface area contributed by atoms with Crippen LogP contribution >= 0.6 is 0 Å². The maximum atomic E-state index is 11.6. The van der Waals surface area contributed by atoms with Gasteiger partial charge in [0.15, 0.2) is 0 Å². The Morgan fingerprint density at radius 3 is 2.43 bits per heavy atom. The molecular formula is C17H26O6. The fourth-order valence-electron chi connectivity index (χ4n) is 1.78. The topological polar surface area (TPSA) is 89.9 Å². The Morgan fingerprint density at radius 1 is 1.13 bits per heavy atom. The molecule has 23 heavy (non-hydrogen) atoms. The van der Waals surface area contributed by atoms with Crippen LogP contribution in [0.15, 0.2) is 24.8 Å². The van der Waals surface area contributed by atoms with Crippen LogP contribution in [0.25, 0.3) is 0 Å². The van der Waals surface area contributed by atoms with Crippen LogP contribution in [0.3, 0.4) is 0 Å². The summed E-state index contributed by atoms with van der Waals surface area (Å²) in [5.41, 5.74) is 0. The van der Waals surface area contributed by atoms with Crippen molar-refractivity contribution in [3.05, 3.63) is 24.8 Å². The highest BCUT2D eigenvalue weighted by Crippen LogP contribution is 2.10. The highest BCUT2D eigenvalue weighted by molar-refractivity contribution is 5.81. The maximum absolute atomic E-state index is 11.6. The van der Waals surface area contributed by atoms with Crippen molar-refractivity contribution in [1.82, 2.24) is 0 Å². The minimum absolute atomic E-state index is 0.0817. The Hall–Kier alpha value is -2.11. The van der Waals surface area contributed by atoms with Crippen LogP contribution in [0.2, 0.25) is 0 Å². The SMILES string of the molecule is C=CC(=O)OCCOC(=O)CC(C=CCCCCCC)C(=O)O. The van der Waals surface area contributed by atoms with Crippen molar-refractivity contribution >= 4 is 17.9 Å². The molecule has 0 amide bonds. The third-order valence-electron chi connectivity index (χ3n) is 3.05. The van der Waals surface area contributed by atoms with Crippen molar-refractivity contribution in [2.75, 3.05) is 13.2 Å². The van der Waals surface area contributed by atoms with E-state index in [9.17, 15) is 14.4 Å². The van der Waals surface area contributed by atoms with Crippen molar-refractivity contribution in [1.29, 1.82) is 0 Å². The summed E-state index contributed by atoms with van der Waals surface area (Å²) in [6.45, 7) is 5.17. The monoisotopic (exact) mass is 326 g/mol. The lowest BCUT2D eigenvalue weighted by atomic mass is 10.0. The van der Waals surface area contributed by atoms with Gasteiger partial charge in [0.25, 0.3) is 0 Å². The van der Waals surface area contributed by atoms with E-state index in [1.165, 1.54) is 12.5 Å². The number of esters is 2. The van der Waals surface area contributed by atoms with Gasteiger partial charge in [-0.25, -0.2) is 4.79 Å². The molecule has 1 unspecified atom stereocenters. The van der Waals surface area contributed by atoms with E-state index < -0.39 is 23.8 Å². The normalized spacial score (nSPS) is 11.9. The molecule has 0 saturated carbocycles. The van der Waals surface area contributed by atoms with E-state index in [2.05, 4.69) is 18.2 Å². The maximum Gasteiger partial charge on any atom is 0.330 e. The summed E-state index contributed by atoms with van der Waals surface area (Å²) in [5, 5.41) is 9.10. The zero-order valence-electron chi connectivity index (χ0n) is 13.7. The number of rotatable bonds is 13. The number of hydrogen-bond acceptors (Lipinski definition) is 5. The molecule has 6 nitrogen and oxygen atoms in total. The van der Waals surface area contributed by atoms with Crippen LogP contribution in [0.1, 0.15) is 45.4 Å². The van der Waals surface area contributed by atoms with Crippen LogP contribution in [-0.4, -0.2) is 36.2 Å². The number of allylic oxidation sites excluding steroid dienone is 1. The van der Waals surface area contributed by atoms with E-state index in [4.69, 9.17) is 9.84 Å². The number of unbranched alkanes of at least 4 members (excludes halogenated alkanes) is 4. The molecule has 0 aliphatic rings. The van der Waals surface area contributed by atoms with Gasteiger partial charge in [-0.2, -0.15) is 0 Å². The van der Waals surface area contributed by atoms with Crippen molar-refractivity contribution in [3.8, 4) is 0 Å². The molecule has 130 valence electrons. The molecule has 1 N–H and O–H groups in total. The van der Waals surface area contributed by atoms with E-state index in [1.54, 1.807) is 6.08 Å². The van der Waals surface area contributed by atoms with E-state index in [0.29, 0.717) is 0 Å². The predicted octanol–water partition coefficient (Wildman–Crippen LogP) is 2.88. The van der Waals surface area contributed by atoms with E-state index >= 15 is 0 Å². The number of carbonyl (C=O) groups excluding carboxylic acids is 2. The zero-order valence-corrected chi connectivity index (χ0v) is 13.7. The first-order chi connectivity index (χ1) is 11.0. The van der Waals surface area contributed by atoms with Gasteiger partial charge in [0.05, 0.1) is 12.3 Å². The Labute approximate surface area is 137 Å². The van der Waals surface area contributed by atoms with Crippen molar-refractivity contribution < 1.29 is 29.0 Å². The molecule has 0 aromatic heterocycles. The van der Waals surface area contributed by atoms with Gasteiger partial charge < -0.3 is 14.6 Å². The van der Waals surface area contributed by atoms with Crippen molar-refractivity contribution in [3.63, 3.8) is 0 Å². The molecule has 0 aliphatic carbocycles. The highest BCUT2D eigenvalue weighted by atomic mass is 16.6. The third kappa shape index (κ3) is 12.1. The van der Waals surface area contributed by atoms with Crippen LogP contribution < -0.4 is 0 Å². The Bertz CT molecular complexity index is 413. The molecule has 0 bridgehead atoms. The molecule has 0 radical (unpaired) electrons. The van der Waals surface area contributed by atoms with Gasteiger partial charge >= 0.3 is 17.9 Å². The summed E-state index contributed by atoms with van der Waals surface area (Å²) >= 11 is 0. The van der Waals surface area contributed by atoms with Gasteiger partial charge in [0, 0.05) is 6.08 Å². The Morgan fingerprint density at radius 2 is 1.83 bits per heavy atom. The van der Waals surface area contributed by atoms with E-state index in [-0.39, 0.29) is 19.6 Å². The smallest absolute Gasteiger partial charge is 0.330 e. The molecule has 0 saturated heterocycles. The molecule has 0 aromatic carbocycles. The minimum Gasteiger partial charge on any atom is -0.481 e. The average Bonchev–Trinajstić information content (AvgIpc) is 2.53. The van der Waals surface area contributed by atoms with Crippen LogP contribution in [0.4, 0.5) is 0 Å². The third-order valence-corrected chi connectivity index (χ3v) is 3.05. The average molecular weight is 326 g/mol. The number of carbonyl (C=O) groups is 3. The number of carboxylic acids is 1. The zero-order chi connectivity index (χ0) is 17.5. The lowest BCUT2D eigenvalue weighted by Gasteiger charge is -2.08. The first-order valence-electron chi connectivity index (χ1n) is 7.85. The van der Waals surface area contributed by atoms with Crippen LogP contribution in [0.5, 0.6) is 0 Å². The van der Waals surface area contributed by atoms with Gasteiger partial charge in [0.2, 0.25) is 0 Å². The standard InChI is InChI=1S/C17H26O6/c1-3-5-6-7-8-9-10-14(17(20)21)13-16(19)23-12-11-22-15(18)4-2/h4,9-10,14H,2-3,5-8,11-13H2,1H3,(H,20,21). The second-order valence-electron chi connectivity index (χ2n) is 5.02. The number of aliphatic carboxylic acids is 1. The van der Waals surface area contributed by atoms with Gasteiger partial charge in [-0.1, -0.05) is 44.9 Å². The predicted molar refractivity (Wildman–Crippen MR) is 85.8 cm³/mol. The molecule has 0 aliphatic heterocycles. The first-order valence-corrected chi connectivity index (χ1v) is 7.85. The molecule has 0 heterocycles. The number of carboxylic acid groups (broad SMARTS) is 1. The Balaban J connectivity index is 4.03. The van der Waals surface area contributed by atoms with Crippen molar-refractivity contribution in [2.45, 2.75) is 45.4 Å². The summed E-state index contributed by atoms with van der Waals surface area (Å²) in [6.07, 6.45) is 9.34. The summed E-state index contributed by atoms with van der Waals surface area (Å²) in [6, 6.07) is 0. The van der Waals surface area contributed by atoms with Crippen LogP contribution in [0, 0.1) is 5.92 Å². The molecule has 0 rings (SSSR count). The summed E-state index contributed by atoms with van der Waals surface area (Å²) in [5.74, 6) is -3.20. The summed E-state index contributed by atoms with van der Waals surface area (Å²) < 4.78 is 9.47. The highest BCUT2D eigenvalue weighted by Gasteiger charge is 2.19. The van der Waals surface area contributed by atoms with Crippen LogP contribution in [-0.2, 0) is 23.9 Å². The fourth-order valence-corrected chi connectivity index (χ4v) is 1.78. The number of hydrogen-bond donors (Lipinski definition) is 1. The molecule has 0 spiro atoms. The van der Waals surface area contributed by atoms with E-state index in [1.807, 2.05) is 0 Å². The van der Waals surface area contributed by atoms with Gasteiger partial charge in [0.1, 0.15) is 13.2 Å². The second-order valence-corrected chi connectivity index (χ2v) is 5.02. The van der Waals surface area contributed by atoms with Gasteiger partial charge in [-0.15, -0.1) is 0 Å². The summed E-state index contributed by atoms with van der Waals surface area (Å²) in [7, 11) is 0.